The maximum absolute atomic E-state index is 9.36. The molecule has 0 spiro atoms. The molecule has 2 nitrogen and oxygen atoms in total. The van der Waals surface area contributed by atoms with Gasteiger partial charge in [0.1, 0.15) is 11.1 Å². The van der Waals surface area contributed by atoms with Crippen LogP contribution in [-0.4, -0.2) is 10.1 Å². The van der Waals surface area contributed by atoms with Gasteiger partial charge in [0.25, 0.3) is 0 Å². The summed E-state index contributed by atoms with van der Waals surface area (Å²) < 4.78 is 0. The van der Waals surface area contributed by atoms with Gasteiger partial charge in [0.15, 0.2) is 0 Å². The Labute approximate surface area is 97.2 Å². The van der Waals surface area contributed by atoms with Gasteiger partial charge in [-0.2, -0.15) is 0 Å². The molecule has 1 aromatic heterocycles. The van der Waals surface area contributed by atoms with Crippen LogP contribution in [0.5, 0.6) is 0 Å². The third kappa shape index (κ3) is 2.37. The first-order valence-corrected chi connectivity index (χ1v) is 5.82. The van der Waals surface area contributed by atoms with E-state index in [9.17, 15) is 5.11 Å². The van der Waals surface area contributed by atoms with Crippen LogP contribution in [0.25, 0.3) is 11.3 Å². The molecule has 0 radical (unpaired) electrons. The molecular formula is C11H10ClNOS. The highest BCUT2D eigenvalue weighted by atomic mass is 35.5. The largest absolute Gasteiger partial charge is 0.386 e. The summed E-state index contributed by atoms with van der Waals surface area (Å²) in [5, 5.41) is 12.7. The predicted octanol–water partition coefficient (Wildman–Crippen LogP) is 3.52. The van der Waals surface area contributed by atoms with Crippen molar-refractivity contribution in [2.75, 3.05) is 0 Å². The third-order valence-corrected chi connectivity index (χ3v) is 3.25. The molecule has 78 valence electrons. The first kappa shape index (κ1) is 10.6. The van der Waals surface area contributed by atoms with Crippen LogP contribution in [0.2, 0.25) is 5.02 Å². The summed E-state index contributed by atoms with van der Waals surface area (Å²) in [6.07, 6.45) is -0.511. The van der Waals surface area contributed by atoms with Crippen molar-refractivity contribution < 1.29 is 5.11 Å². The number of hydrogen-bond acceptors (Lipinski definition) is 3. The fourth-order valence-corrected chi connectivity index (χ4v) is 2.22. The number of halogens is 1. The summed E-state index contributed by atoms with van der Waals surface area (Å²) in [5.74, 6) is 0. The van der Waals surface area contributed by atoms with Crippen LogP contribution in [0, 0.1) is 0 Å². The number of aliphatic hydroxyl groups is 1. The Morgan fingerprint density at radius 2 is 2.27 bits per heavy atom. The Morgan fingerprint density at radius 1 is 1.47 bits per heavy atom. The Bertz CT molecular complexity index is 467. The minimum atomic E-state index is -0.511. The summed E-state index contributed by atoms with van der Waals surface area (Å²) in [6, 6.07) is 7.53. The standard InChI is InChI=1S/C11H10ClNOS/c1-7(14)11-13-10(6-15-11)8-3-2-4-9(12)5-8/h2-7,14H,1H3. The molecule has 0 fully saturated rings. The second-order valence-corrected chi connectivity index (χ2v) is 4.58. The van der Waals surface area contributed by atoms with Gasteiger partial charge in [-0.3, -0.25) is 0 Å². The molecule has 0 saturated carbocycles. The smallest absolute Gasteiger partial charge is 0.122 e. The number of benzene rings is 1. The fraction of sp³-hybridized carbons (Fsp3) is 0.182. The van der Waals surface area contributed by atoms with Gasteiger partial charge in [0.05, 0.1) is 5.69 Å². The molecule has 0 aliphatic carbocycles. The monoisotopic (exact) mass is 239 g/mol. The van der Waals surface area contributed by atoms with Crippen LogP contribution in [0.4, 0.5) is 0 Å². The van der Waals surface area contributed by atoms with Crippen molar-refractivity contribution in [1.29, 1.82) is 0 Å². The first-order chi connectivity index (χ1) is 7.16. The van der Waals surface area contributed by atoms with Crippen molar-refractivity contribution >= 4 is 22.9 Å². The van der Waals surface area contributed by atoms with Gasteiger partial charge in [-0.05, 0) is 19.1 Å². The van der Waals surface area contributed by atoms with E-state index >= 15 is 0 Å². The molecule has 15 heavy (non-hydrogen) atoms. The van der Waals surface area contributed by atoms with Crippen molar-refractivity contribution in [2.24, 2.45) is 0 Å². The summed E-state index contributed by atoms with van der Waals surface area (Å²) in [6.45, 7) is 1.71. The molecule has 1 atom stereocenters. The molecule has 0 amide bonds. The van der Waals surface area contributed by atoms with Crippen molar-refractivity contribution in [1.82, 2.24) is 4.98 Å². The molecule has 1 aromatic carbocycles. The summed E-state index contributed by atoms with van der Waals surface area (Å²) in [5.41, 5.74) is 1.84. The Kier molecular flexibility index (Phi) is 3.05. The predicted molar refractivity (Wildman–Crippen MR) is 63.2 cm³/mol. The molecular weight excluding hydrogens is 230 g/mol. The molecule has 0 aliphatic heterocycles. The second kappa shape index (κ2) is 4.31. The van der Waals surface area contributed by atoms with Crippen LogP contribution >= 0.6 is 22.9 Å². The summed E-state index contributed by atoms with van der Waals surface area (Å²) in [7, 11) is 0. The van der Waals surface area contributed by atoms with Crippen LogP contribution in [0.3, 0.4) is 0 Å². The lowest BCUT2D eigenvalue weighted by Crippen LogP contribution is -1.89. The molecule has 1 N–H and O–H groups in total. The van der Waals surface area contributed by atoms with Gasteiger partial charge in [0.2, 0.25) is 0 Å². The average molecular weight is 240 g/mol. The van der Waals surface area contributed by atoms with Gasteiger partial charge in [-0.15, -0.1) is 11.3 Å². The zero-order chi connectivity index (χ0) is 10.8. The van der Waals surface area contributed by atoms with Crippen molar-refractivity contribution in [2.45, 2.75) is 13.0 Å². The molecule has 2 rings (SSSR count). The number of thiazole rings is 1. The lowest BCUT2D eigenvalue weighted by atomic mass is 10.2. The van der Waals surface area contributed by atoms with Gasteiger partial charge in [-0.1, -0.05) is 23.7 Å². The minimum absolute atomic E-state index is 0.511. The van der Waals surface area contributed by atoms with E-state index < -0.39 is 6.10 Å². The summed E-state index contributed by atoms with van der Waals surface area (Å²) >= 11 is 7.34. The van der Waals surface area contributed by atoms with E-state index in [1.165, 1.54) is 11.3 Å². The van der Waals surface area contributed by atoms with Crippen LogP contribution in [-0.2, 0) is 0 Å². The highest BCUT2D eigenvalue weighted by molar-refractivity contribution is 7.10. The van der Waals surface area contributed by atoms with E-state index in [4.69, 9.17) is 11.6 Å². The lowest BCUT2D eigenvalue weighted by Gasteiger charge is -1.98. The van der Waals surface area contributed by atoms with Gasteiger partial charge >= 0.3 is 0 Å². The first-order valence-electron chi connectivity index (χ1n) is 4.56. The normalized spacial score (nSPS) is 12.7. The fourth-order valence-electron chi connectivity index (χ4n) is 1.26. The Hall–Kier alpha value is -0.900. The van der Waals surface area contributed by atoms with Crippen molar-refractivity contribution in [3.05, 3.63) is 39.7 Å². The molecule has 2 aromatic rings. The van der Waals surface area contributed by atoms with Gasteiger partial charge in [0, 0.05) is 16.0 Å². The van der Waals surface area contributed by atoms with E-state index in [1.54, 1.807) is 6.92 Å². The number of aliphatic hydroxyl groups excluding tert-OH is 1. The summed E-state index contributed by atoms with van der Waals surface area (Å²) in [4.78, 5) is 4.33. The van der Waals surface area contributed by atoms with Gasteiger partial charge in [-0.25, -0.2) is 4.98 Å². The molecule has 0 aliphatic rings. The average Bonchev–Trinajstić information content (AvgIpc) is 2.66. The lowest BCUT2D eigenvalue weighted by molar-refractivity contribution is 0.199. The van der Waals surface area contributed by atoms with Crippen molar-refractivity contribution in [3.63, 3.8) is 0 Å². The quantitative estimate of drug-likeness (QED) is 0.870. The van der Waals surface area contributed by atoms with E-state index in [1.807, 2.05) is 29.6 Å². The highest BCUT2D eigenvalue weighted by Gasteiger charge is 2.08. The zero-order valence-electron chi connectivity index (χ0n) is 8.14. The maximum Gasteiger partial charge on any atom is 0.122 e. The minimum Gasteiger partial charge on any atom is -0.386 e. The van der Waals surface area contributed by atoms with Gasteiger partial charge < -0.3 is 5.11 Å². The third-order valence-electron chi connectivity index (χ3n) is 2.00. The topological polar surface area (TPSA) is 33.1 Å². The van der Waals surface area contributed by atoms with E-state index in [0.29, 0.717) is 5.02 Å². The second-order valence-electron chi connectivity index (χ2n) is 3.26. The number of aromatic nitrogens is 1. The SMILES string of the molecule is CC(O)c1nc(-c2cccc(Cl)c2)cs1. The molecule has 0 bridgehead atoms. The van der Waals surface area contributed by atoms with Crippen LogP contribution < -0.4 is 0 Å². The van der Waals surface area contributed by atoms with Crippen LogP contribution in [0.1, 0.15) is 18.0 Å². The zero-order valence-corrected chi connectivity index (χ0v) is 9.72. The maximum atomic E-state index is 9.36. The van der Waals surface area contributed by atoms with E-state index in [2.05, 4.69) is 4.98 Å². The van der Waals surface area contributed by atoms with Crippen molar-refractivity contribution in [3.8, 4) is 11.3 Å². The Morgan fingerprint density at radius 3 is 2.87 bits per heavy atom. The number of rotatable bonds is 2. The van der Waals surface area contributed by atoms with E-state index in [0.717, 1.165) is 16.3 Å². The Balaban J connectivity index is 2.37. The van der Waals surface area contributed by atoms with E-state index in [-0.39, 0.29) is 0 Å². The van der Waals surface area contributed by atoms with Crippen LogP contribution in [0.15, 0.2) is 29.6 Å². The molecule has 0 saturated heterocycles. The molecule has 1 unspecified atom stereocenters. The molecule has 4 heteroatoms. The number of nitrogens with zero attached hydrogens (tertiary/aromatic N) is 1. The number of hydrogen-bond donors (Lipinski definition) is 1. The molecule has 1 heterocycles. The highest BCUT2D eigenvalue weighted by Crippen LogP contribution is 2.26.